The van der Waals surface area contributed by atoms with Crippen molar-refractivity contribution >= 4 is 55.0 Å². The topological polar surface area (TPSA) is 95.9 Å². The number of ether oxygens (including phenoxy) is 1. The van der Waals surface area contributed by atoms with Crippen LogP contribution in [0.4, 0.5) is 10.3 Å². The van der Waals surface area contributed by atoms with E-state index in [2.05, 4.69) is 21.8 Å². The van der Waals surface area contributed by atoms with Crippen LogP contribution < -0.4 is 9.80 Å². The molecule has 1 amide bonds. The lowest BCUT2D eigenvalue weighted by atomic mass is 9.94. The molecule has 3 heterocycles. The minimum Gasteiger partial charge on any atom is -0.464 e. The van der Waals surface area contributed by atoms with Crippen LogP contribution in [0.25, 0.3) is 10.2 Å². The molecule has 182 valence electrons. The molecule has 0 fully saturated rings. The molecule has 4 aromatic rings. The number of aliphatic hydroxyl groups excluding tert-OH is 1. The van der Waals surface area contributed by atoms with Gasteiger partial charge in [-0.05, 0) is 35.7 Å². The summed E-state index contributed by atoms with van der Waals surface area (Å²) in [5.41, 5.74) is 3.65. The van der Waals surface area contributed by atoms with Crippen molar-refractivity contribution in [3.63, 3.8) is 0 Å². The van der Waals surface area contributed by atoms with Gasteiger partial charge in [0, 0.05) is 25.7 Å². The number of hydrogen-bond acceptors (Lipinski definition) is 9. The standard InChI is InChI=1S/C26H22N4O4S2/c1-29(25-27-19-9-3-4-10-20(19)35-25)23(32)17-8-5-7-16-12-13-30(15-18(16)17)26-28-22(24(33)34-2)21(36-26)11-6-14-31/h3-5,7-10,31H,12-15H2,1-2H3. The molecule has 0 unspecified atom stereocenters. The third-order valence-electron chi connectivity index (χ3n) is 5.92. The number of esters is 1. The van der Waals surface area contributed by atoms with Gasteiger partial charge in [0.1, 0.15) is 11.5 Å². The molecule has 0 spiro atoms. The minimum absolute atomic E-state index is 0.128. The Kier molecular flexibility index (Phi) is 6.69. The summed E-state index contributed by atoms with van der Waals surface area (Å²) in [6.45, 7) is 0.823. The van der Waals surface area contributed by atoms with Gasteiger partial charge in [-0.1, -0.05) is 58.8 Å². The first-order valence-electron chi connectivity index (χ1n) is 11.2. The Morgan fingerprint density at radius 2 is 2.00 bits per heavy atom. The van der Waals surface area contributed by atoms with Crippen molar-refractivity contribution in [1.29, 1.82) is 0 Å². The highest BCUT2D eigenvalue weighted by Crippen LogP contribution is 2.33. The smallest absolute Gasteiger partial charge is 0.358 e. The normalized spacial score (nSPS) is 12.6. The molecule has 1 N–H and O–H groups in total. The summed E-state index contributed by atoms with van der Waals surface area (Å²) in [6.07, 6.45) is 0.728. The highest BCUT2D eigenvalue weighted by Gasteiger charge is 2.28. The van der Waals surface area contributed by atoms with Crippen molar-refractivity contribution in [2.75, 3.05) is 37.1 Å². The van der Waals surface area contributed by atoms with E-state index in [-0.39, 0.29) is 18.2 Å². The largest absolute Gasteiger partial charge is 0.464 e. The Bertz CT molecular complexity index is 1500. The molecule has 2 aromatic carbocycles. The number of para-hydroxylation sites is 1. The lowest BCUT2D eigenvalue weighted by molar-refractivity contribution is 0.0594. The number of anilines is 2. The quantitative estimate of drug-likeness (QED) is 0.325. The zero-order valence-electron chi connectivity index (χ0n) is 19.6. The summed E-state index contributed by atoms with van der Waals surface area (Å²) in [5.74, 6) is 4.66. The van der Waals surface area contributed by atoms with Gasteiger partial charge in [-0.15, -0.1) is 0 Å². The Balaban J connectivity index is 1.46. The Morgan fingerprint density at radius 3 is 2.78 bits per heavy atom. The van der Waals surface area contributed by atoms with E-state index in [1.807, 2.05) is 47.4 Å². The van der Waals surface area contributed by atoms with Gasteiger partial charge in [0.25, 0.3) is 5.91 Å². The monoisotopic (exact) mass is 518 g/mol. The van der Waals surface area contributed by atoms with E-state index in [0.717, 1.165) is 27.8 Å². The second kappa shape index (κ2) is 10.1. The molecule has 36 heavy (non-hydrogen) atoms. The number of carbonyl (C=O) groups is 2. The predicted octanol–water partition coefficient (Wildman–Crippen LogP) is 3.72. The van der Waals surface area contributed by atoms with Gasteiger partial charge in [-0.3, -0.25) is 9.69 Å². The van der Waals surface area contributed by atoms with Crippen molar-refractivity contribution in [2.45, 2.75) is 13.0 Å². The maximum atomic E-state index is 13.6. The number of methoxy groups -OCH3 is 1. The van der Waals surface area contributed by atoms with Gasteiger partial charge in [0.15, 0.2) is 16.0 Å². The fourth-order valence-electron chi connectivity index (χ4n) is 4.10. The van der Waals surface area contributed by atoms with Crippen molar-refractivity contribution < 1.29 is 19.4 Å². The highest BCUT2D eigenvalue weighted by atomic mass is 32.1. The summed E-state index contributed by atoms with van der Waals surface area (Å²) in [7, 11) is 3.04. The maximum absolute atomic E-state index is 13.6. The molecule has 0 saturated carbocycles. The number of nitrogens with zero attached hydrogens (tertiary/aromatic N) is 4. The number of amides is 1. The molecular formula is C26H22N4O4S2. The Labute approximate surface area is 215 Å². The summed E-state index contributed by atoms with van der Waals surface area (Å²) >= 11 is 2.75. The van der Waals surface area contributed by atoms with Crippen LogP contribution in [0.1, 0.15) is 36.9 Å². The maximum Gasteiger partial charge on any atom is 0.358 e. The van der Waals surface area contributed by atoms with Gasteiger partial charge in [0.2, 0.25) is 0 Å². The molecule has 5 rings (SSSR count). The first-order chi connectivity index (χ1) is 17.5. The molecule has 0 atom stereocenters. The van der Waals surface area contributed by atoms with Crippen LogP contribution in [0.3, 0.4) is 0 Å². The van der Waals surface area contributed by atoms with Crippen LogP contribution in [0.5, 0.6) is 0 Å². The predicted molar refractivity (Wildman–Crippen MR) is 141 cm³/mol. The average molecular weight is 519 g/mol. The number of benzene rings is 2. The summed E-state index contributed by atoms with van der Waals surface area (Å²) < 4.78 is 5.88. The highest BCUT2D eigenvalue weighted by molar-refractivity contribution is 7.22. The fourth-order valence-corrected chi connectivity index (χ4v) is 5.98. The van der Waals surface area contributed by atoms with Crippen molar-refractivity contribution in [3.8, 4) is 11.8 Å². The average Bonchev–Trinajstić information content (AvgIpc) is 3.54. The van der Waals surface area contributed by atoms with Crippen LogP contribution in [-0.4, -0.2) is 54.3 Å². The molecule has 0 bridgehead atoms. The number of aliphatic hydroxyl groups is 1. The Morgan fingerprint density at radius 1 is 1.17 bits per heavy atom. The molecule has 8 nitrogen and oxygen atoms in total. The van der Waals surface area contributed by atoms with E-state index in [4.69, 9.17) is 9.84 Å². The number of hydrogen-bond donors (Lipinski definition) is 1. The molecule has 0 radical (unpaired) electrons. The van der Waals surface area contributed by atoms with E-state index in [0.29, 0.717) is 33.8 Å². The third-order valence-corrected chi connectivity index (χ3v) is 8.07. The molecule has 1 aliphatic rings. The molecule has 0 aliphatic carbocycles. The number of thiazole rings is 2. The summed E-state index contributed by atoms with van der Waals surface area (Å²) in [4.78, 5) is 39.0. The van der Waals surface area contributed by atoms with Crippen LogP contribution in [0.2, 0.25) is 0 Å². The number of carbonyl (C=O) groups excluding carboxylic acids is 2. The molecule has 2 aromatic heterocycles. The number of rotatable bonds is 4. The van der Waals surface area contributed by atoms with Crippen molar-refractivity contribution in [2.24, 2.45) is 0 Å². The van der Waals surface area contributed by atoms with Gasteiger partial charge >= 0.3 is 5.97 Å². The van der Waals surface area contributed by atoms with Crippen LogP contribution >= 0.6 is 22.7 Å². The zero-order chi connectivity index (χ0) is 25.2. The molecule has 10 heteroatoms. The second-order valence-electron chi connectivity index (χ2n) is 8.07. The van der Waals surface area contributed by atoms with Gasteiger partial charge < -0.3 is 14.7 Å². The number of fused-ring (bicyclic) bond motifs is 2. The van der Waals surface area contributed by atoms with E-state index in [1.54, 1.807) is 11.9 Å². The SMILES string of the molecule is COC(=O)c1nc(N2CCc3cccc(C(=O)N(C)c4nc5ccccc5s4)c3C2)sc1C#CCO. The molecule has 0 saturated heterocycles. The molecular weight excluding hydrogens is 496 g/mol. The minimum atomic E-state index is -0.578. The van der Waals surface area contributed by atoms with Crippen molar-refractivity contribution in [3.05, 3.63) is 69.7 Å². The van der Waals surface area contributed by atoms with Crippen LogP contribution in [0.15, 0.2) is 42.5 Å². The summed E-state index contributed by atoms with van der Waals surface area (Å²) in [5, 5.41) is 10.3. The lowest BCUT2D eigenvalue weighted by Gasteiger charge is -2.30. The fraction of sp³-hybridized carbons (Fsp3) is 0.231. The van der Waals surface area contributed by atoms with E-state index >= 15 is 0 Å². The zero-order valence-corrected chi connectivity index (χ0v) is 21.3. The van der Waals surface area contributed by atoms with E-state index in [1.165, 1.54) is 29.8 Å². The third kappa shape index (κ3) is 4.44. The first-order valence-corrected chi connectivity index (χ1v) is 12.8. The van der Waals surface area contributed by atoms with E-state index < -0.39 is 5.97 Å². The number of aromatic nitrogens is 2. The van der Waals surface area contributed by atoms with Crippen molar-refractivity contribution in [1.82, 2.24) is 9.97 Å². The van der Waals surface area contributed by atoms with E-state index in [9.17, 15) is 9.59 Å². The Hall–Kier alpha value is -3.78. The van der Waals surface area contributed by atoms with Gasteiger partial charge in [0.05, 0.1) is 17.3 Å². The second-order valence-corrected chi connectivity index (χ2v) is 10.1. The molecule has 1 aliphatic heterocycles. The first kappa shape index (κ1) is 23.9. The van der Waals surface area contributed by atoms with Gasteiger partial charge in [-0.25, -0.2) is 14.8 Å². The lowest BCUT2D eigenvalue weighted by Crippen LogP contribution is -2.34. The van der Waals surface area contributed by atoms with Crippen LogP contribution in [-0.2, 0) is 17.7 Å². The summed E-state index contributed by atoms with van der Waals surface area (Å²) in [6, 6.07) is 13.6. The van der Waals surface area contributed by atoms with Crippen LogP contribution in [0, 0.1) is 11.8 Å². The van der Waals surface area contributed by atoms with Gasteiger partial charge in [-0.2, -0.15) is 0 Å².